The van der Waals surface area contributed by atoms with Gasteiger partial charge in [0.05, 0.1) is 0 Å². The normalized spacial score (nSPS) is 17.0. The Kier molecular flexibility index (Phi) is 5.53. The Labute approximate surface area is 113 Å². The molecular formula is C13H23N3OS. The van der Waals surface area contributed by atoms with E-state index in [0.29, 0.717) is 5.92 Å². The maximum atomic E-state index is 5.14. The van der Waals surface area contributed by atoms with Crippen LogP contribution >= 0.6 is 11.3 Å². The van der Waals surface area contributed by atoms with Crippen molar-refractivity contribution < 1.29 is 4.74 Å². The molecular weight excluding hydrogens is 246 g/mol. The summed E-state index contributed by atoms with van der Waals surface area (Å²) < 4.78 is 5.14. The van der Waals surface area contributed by atoms with Crippen molar-refractivity contribution in [3.63, 3.8) is 0 Å². The number of nitrogens with one attached hydrogen (secondary N) is 1. The quantitative estimate of drug-likeness (QED) is 0.697. The third-order valence-corrected chi connectivity index (χ3v) is 4.07. The number of hydrogen-bond acceptors (Lipinski definition) is 5. The van der Waals surface area contributed by atoms with E-state index in [-0.39, 0.29) is 0 Å². The summed E-state index contributed by atoms with van der Waals surface area (Å²) in [4.78, 5) is 0. The molecule has 1 unspecified atom stereocenters. The molecule has 0 amide bonds. The molecule has 1 saturated carbocycles. The van der Waals surface area contributed by atoms with Gasteiger partial charge >= 0.3 is 0 Å². The number of aryl methyl sites for hydroxylation is 1. The molecule has 0 spiro atoms. The van der Waals surface area contributed by atoms with Crippen molar-refractivity contribution in [1.82, 2.24) is 15.5 Å². The Morgan fingerprint density at radius 1 is 1.39 bits per heavy atom. The fraction of sp³-hybridized carbons (Fsp3) is 0.846. The Bertz CT molecular complexity index is 352. The SMILES string of the molecule is COCC(C)Cc1nnc(CCCNC2CC2)s1. The van der Waals surface area contributed by atoms with Gasteiger partial charge in [-0.25, -0.2) is 0 Å². The molecule has 0 aromatic carbocycles. The topological polar surface area (TPSA) is 47.0 Å². The Balaban J connectivity index is 1.64. The lowest BCUT2D eigenvalue weighted by Crippen LogP contribution is -2.17. The smallest absolute Gasteiger partial charge is 0.117 e. The first-order valence-electron chi connectivity index (χ1n) is 6.81. The zero-order chi connectivity index (χ0) is 12.8. The van der Waals surface area contributed by atoms with E-state index in [1.54, 1.807) is 18.4 Å². The highest BCUT2D eigenvalue weighted by atomic mass is 32.1. The molecule has 1 aliphatic rings. The highest BCUT2D eigenvalue weighted by Crippen LogP contribution is 2.19. The monoisotopic (exact) mass is 269 g/mol. The van der Waals surface area contributed by atoms with E-state index >= 15 is 0 Å². The van der Waals surface area contributed by atoms with E-state index in [1.807, 2.05) is 0 Å². The van der Waals surface area contributed by atoms with Crippen molar-refractivity contribution in [3.8, 4) is 0 Å². The molecule has 1 aromatic rings. The molecule has 2 rings (SSSR count). The largest absolute Gasteiger partial charge is 0.384 e. The third-order valence-electron chi connectivity index (χ3n) is 3.06. The molecule has 1 aliphatic carbocycles. The van der Waals surface area contributed by atoms with Crippen LogP contribution < -0.4 is 5.32 Å². The molecule has 1 heterocycles. The van der Waals surface area contributed by atoms with Crippen molar-refractivity contribution >= 4 is 11.3 Å². The zero-order valence-electron chi connectivity index (χ0n) is 11.3. The number of aromatic nitrogens is 2. The van der Waals surface area contributed by atoms with Gasteiger partial charge in [-0.1, -0.05) is 6.92 Å². The van der Waals surface area contributed by atoms with Gasteiger partial charge in [0.1, 0.15) is 10.0 Å². The van der Waals surface area contributed by atoms with E-state index in [0.717, 1.165) is 37.0 Å². The number of methoxy groups -OCH3 is 1. The second-order valence-corrected chi connectivity index (χ2v) is 6.33. The summed E-state index contributed by atoms with van der Waals surface area (Å²) in [7, 11) is 1.74. The molecule has 0 saturated heterocycles. The first kappa shape index (κ1) is 13.9. The number of nitrogens with zero attached hydrogens (tertiary/aromatic N) is 2. The molecule has 5 heteroatoms. The maximum absolute atomic E-state index is 5.14. The molecule has 1 N–H and O–H groups in total. The van der Waals surface area contributed by atoms with Crippen molar-refractivity contribution in [2.45, 2.75) is 45.1 Å². The van der Waals surface area contributed by atoms with E-state index in [1.165, 1.54) is 24.3 Å². The van der Waals surface area contributed by atoms with Crippen molar-refractivity contribution in [3.05, 3.63) is 10.0 Å². The van der Waals surface area contributed by atoms with Crippen LogP contribution in [0, 0.1) is 5.92 Å². The first-order chi connectivity index (χ1) is 8.78. The van der Waals surface area contributed by atoms with Gasteiger partial charge in [0.15, 0.2) is 0 Å². The standard InChI is InChI=1S/C13H23N3OS/c1-10(9-17-2)8-13-16-15-12(18-13)4-3-7-14-11-5-6-11/h10-11,14H,3-9H2,1-2H3. The lowest BCUT2D eigenvalue weighted by molar-refractivity contribution is 0.159. The average Bonchev–Trinajstić information content (AvgIpc) is 3.06. The van der Waals surface area contributed by atoms with Gasteiger partial charge in [-0.3, -0.25) is 0 Å². The van der Waals surface area contributed by atoms with Crippen LogP contribution in [-0.4, -0.2) is 36.5 Å². The minimum absolute atomic E-state index is 0.521. The van der Waals surface area contributed by atoms with Gasteiger partial charge in [-0.15, -0.1) is 21.5 Å². The predicted octanol–water partition coefficient (Wildman–Crippen LogP) is 2.05. The van der Waals surface area contributed by atoms with E-state index in [2.05, 4.69) is 22.4 Å². The highest BCUT2D eigenvalue weighted by Gasteiger charge is 2.19. The van der Waals surface area contributed by atoms with Crippen LogP contribution in [0.4, 0.5) is 0 Å². The van der Waals surface area contributed by atoms with Crippen LogP contribution in [0.3, 0.4) is 0 Å². The molecule has 0 radical (unpaired) electrons. The third kappa shape index (κ3) is 5.00. The summed E-state index contributed by atoms with van der Waals surface area (Å²) >= 11 is 1.76. The lowest BCUT2D eigenvalue weighted by atomic mass is 10.1. The van der Waals surface area contributed by atoms with E-state index in [4.69, 9.17) is 4.74 Å². The minimum atomic E-state index is 0.521. The molecule has 0 aliphatic heterocycles. The second kappa shape index (κ2) is 7.16. The van der Waals surface area contributed by atoms with Crippen LogP contribution in [0.2, 0.25) is 0 Å². The van der Waals surface area contributed by atoms with Gasteiger partial charge in [-0.2, -0.15) is 0 Å². The lowest BCUT2D eigenvalue weighted by Gasteiger charge is -2.06. The number of rotatable bonds is 9. The van der Waals surface area contributed by atoms with Gasteiger partial charge in [0.2, 0.25) is 0 Å². The molecule has 1 aromatic heterocycles. The zero-order valence-corrected chi connectivity index (χ0v) is 12.1. The van der Waals surface area contributed by atoms with Gasteiger partial charge in [-0.05, 0) is 31.7 Å². The van der Waals surface area contributed by atoms with Crippen LogP contribution in [-0.2, 0) is 17.6 Å². The number of hydrogen-bond donors (Lipinski definition) is 1. The predicted molar refractivity (Wildman–Crippen MR) is 74.0 cm³/mol. The molecule has 102 valence electrons. The Morgan fingerprint density at radius 2 is 2.17 bits per heavy atom. The van der Waals surface area contributed by atoms with Crippen LogP contribution in [0.15, 0.2) is 0 Å². The van der Waals surface area contributed by atoms with Crippen molar-refractivity contribution in [2.24, 2.45) is 5.92 Å². The average molecular weight is 269 g/mol. The first-order valence-corrected chi connectivity index (χ1v) is 7.63. The molecule has 18 heavy (non-hydrogen) atoms. The highest BCUT2D eigenvalue weighted by molar-refractivity contribution is 7.11. The summed E-state index contributed by atoms with van der Waals surface area (Å²) in [6, 6.07) is 0.810. The molecule has 4 nitrogen and oxygen atoms in total. The summed E-state index contributed by atoms with van der Waals surface area (Å²) in [5.74, 6) is 0.521. The number of ether oxygens (including phenoxy) is 1. The van der Waals surface area contributed by atoms with E-state index < -0.39 is 0 Å². The van der Waals surface area contributed by atoms with Crippen LogP contribution in [0.5, 0.6) is 0 Å². The van der Waals surface area contributed by atoms with Gasteiger partial charge < -0.3 is 10.1 Å². The summed E-state index contributed by atoms with van der Waals surface area (Å²) in [5, 5.41) is 14.4. The molecule has 1 fully saturated rings. The Morgan fingerprint density at radius 3 is 2.89 bits per heavy atom. The molecule has 0 bridgehead atoms. The summed E-state index contributed by atoms with van der Waals surface area (Å²) in [6.45, 7) is 4.09. The van der Waals surface area contributed by atoms with Gasteiger partial charge in [0, 0.05) is 32.6 Å². The Hall–Kier alpha value is -0.520. The second-order valence-electron chi connectivity index (χ2n) is 5.19. The van der Waals surface area contributed by atoms with Crippen molar-refractivity contribution in [2.75, 3.05) is 20.3 Å². The summed E-state index contributed by atoms with van der Waals surface area (Å²) in [6.07, 6.45) is 5.92. The molecule has 1 atom stereocenters. The fourth-order valence-corrected chi connectivity index (χ4v) is 3.00. The van der Waals surface area contributed by atoms with Crippen molar-refractivity contribution in [1.29, 1.82) is 0 Å². The van der Waals surface area contributed by atoms with Crippen LogP contribution in [0.1, 0.15) is 36.2 Å². The van der Waals surface area contributed by atoms with E-state index in [9.17, 15) is 0 Å². The fourth-order valence-electron chi connectivity index (χ4n) is 1.95. The minimum Gasteiger partial charge on any atom is -0.384 e. The van der Waals surface area contributed by atoms with Crippen LogP contribution in [0.25, 0.3) is 0 Å². The van der Waals surface area contributed by atoms with Gasteiger partial charge in [0.25, 0.3) is 0 Å². The summed E-state index contributed by atoms with van der Waals surface area (Å²) in [5.41, 5.74) is 0. The maximum Gasteiger partial charge on any atom is 0.117 e.